The minimum atomic E-state index is 0.960. The van der Waals surface area contributed by atoms with Gasteiger partial charge in [-0.25, -0.2) is 0 Å². The van der Waals surface area contributed by atoms with Crippen LogP contribution in [-0.4, -0.2) is 11.5 Å². The van der Waals surface area contributed by atoms with Crippen LogP contribution in [0.1, 0.15) is 12.0 Å². The van der Waals surface area contributed by atoms with Crippen LogP contribution >= 0.6 is 11.8 Å². The van der Waals surface area contributed by atoms with Crippen molar-refractivity contribution < 1.29 is 0 Å². The maximum absolute atomic E-state index is 5.49. The molecule has 0 fully saturated rings. The van der Waals surface area contributed by atoms with E-state index in [2.05, 4.69) is 41.5 Å². The Labute approximate surface area is 98.5 Å². The zero-order chi connectivity index (χ0) is 11.0. The summed E-state index contributed by atoms with van der Waals surface area (Å²) in [5, 5.41) is 6.46. The first-order chi connectivity index (χ1) is 7.90. The van der Waals surface area contributed by atoms with Gasteiger partial charge in [-0.3, -0.25) is 0 Å². The highest BCUT2D eigenvalue weighted by molar-refractivity contribution is 7.99. The van der Waals surface area contributed by atoms with Crippen molar-refractivity contribution in [2.75, 3.05) is 5.75 Å². The Balaban J connectivity index is 2.39. The van der Waals surface area contributed by atoms with Gasteiger partial charge in [0.2, 0.25) is 0 Å². The molecule has 0 aliphatic carbocycles. The Morgan fingerprint density at radius 2 is 2.00 bits per heavy atom. The molecule has 2 aromatic rings. The van der Waals surface area contributed by atoms with Crippen LogP contribution in [0.3, 0.4) is 0 Å². The molecule has 1 aliphatic heterocycles. The SMILES string of the molecule is N/N=C1/CCSc2ccc3ccccc3c21. The molecule has 1 aliphatic rings. The summed E-state index contributed by atoms with van der Waals surface area (Å²) in [5.41, 5.74) is 2.27. The van der Waals surface area contributed by atoms with Crippen LogP contribution in [0, 0.1) is 0 Å². The summed E-state index contributed by atoms with van der Waals surface area (Å²) in [6.07, 6.45) is 0.960. The van der Waals surface area contributed by atoms with Crippen LogP contribution < -0.4 is 5.84 Å². The minimum absolute atomic E-state index is 0.960. The molecule has 0 atom stereocenters. The monoisotopic (exact) mass is 228 g/mol. The number of rotatable bonds is 0. The van der Waals surface area contributed by atoms with E-state index in [1.165, 1.54) is 21.2 Å². The highest BCUT2D eigenvalue weighted by Gasteiger charge is 2.18. The van der Waals surface area contributed by atoms with Crippen LogP contribution in [0.15, 0.2) is 46.4 Å². The van der Waals surface area contributed by atoms with Gasteiger partial charge in [0.05, 0.1) is 5.71 Å². The van der Waals surface area contributed by atoms with Gasteiger partial charge in [-0.15, -0.1) is 11.8 Å². The maximum atomic E-state index is 5.49. The number of benzene rings is 2. The number of hydrogen-bond acceptors (Lipinski definition) is 3. The summed E-state index contributed by atoms with van der Waals surface area (Å²) in [6, 6.07) is 12.7. The first-order valence-electron chi connectivity index (χ1n) is 5.32. The highest BCUT2D eigenvalue weighted by Crippen LogP contribution is 2.35. The number of nitrogens with zero attached hydrogens (tertiary/aromatic N) is 1. The number of fused-ring (bicyclic) bond motifs is 3. The Bertz CT molecular complexity index is 575. The normalized spacial score (nSPS) is 17.6. The van der Waals surface area contributed by atoms with E-state index in [0.29, 0.717) is 0 Å². The summed E-state index contributed by atoms with van der Waals surface area (Å²) in [6.45, 7) is 0. The molecule has 80 valence electrons. The van der Waals surface area contributed by atoms with E-state index in [9.17, 15) is 0 Å². The van der Waals surface area contributed by atoms with Crippen molar-refractivity contribution in [2.45, 2.75) is 11.3 Å². The van der Waals surface area contributed by atoms with Crippen LogP contribution in [0.4, 0.5) is 0 Å². The summed E-state index contributed by atoms with van der Waals surface area (Å²) < 4.78 is 0. The molecule has 0 radical (unpaired) electrons. The summed E-state index contributed by atoms with van der Waals surface area (Å²) in [4.78, 5) is 1.30. The maximum Gasteiger partial charge on any atom is 0.0698 e. The lowest BCUT2D eigenvalue weighted by Gasteiger charge is -2.18. The lowest BCUT2D eigenvalue weighted by Crippen LogP contribution is -2.12. The van der Waals surface area contributed by atoms with Crippen molar-refractivity contribution in [3.05, 3.63) is 42.0 Å². The van der Waals surface area contributed by atoms with Crippen molar-refractivity contribution in [1.29, 1.82) is 0 Å². The van der Waals surface area contributed by atoms with Gasteiger partial charge in [0.15, 0.2) is 0 Å². The van der Waals surface area contributed by atoms with Gasteiger partial charge in [-0.05, 0) is 16.8 Å². The zero-order valence-electron chi connectivity index (χ0n) is 8.81. The smallest absolute Gasteiger partial charge is 0.0698 e. The fourth-order valence-corrected chi connectivity index (χ4v) is 3.23. The molecule has 3 heteroatoms. The largest absolute Gasteiger partial charge is 0.323 e. The third-order valence-electron chi connectivity index (χ3n) is 2.93. The Morgan fingerprint density at radius 3 is 2.88 bits per heavy atom. The van der Waals surface area contributed by atoms with E-state index in [4.69, 9.17) is 5.84 Å². The van der Waals surface area contributed by atoms with E-state index < -0.39 is 0 Å². The van der Waals surface area contributed by atoms with E-state index >= 15 is 0 Å². The van der Waals surface area contributed by atoms with Gasteiger partial charge in [0.25, 0.3) is 0 Å². The van der Waals surface area contributed by atoms with E-state index in [-0.39, 0.29) is 0 Å². The van der Waals surface area contributed by atoms with Crippen molar-refractivity contribution in [3.63, 3.8) is 0 Å². The molecule has 0 aromatic heterocycles. The summed E-state index contributed by atoms with van der Waals surface area (Å²) >= 11 is 1.89. The van der Waals surface area contributed by atoms with E-state index in [1.807, 2.05) is 11.8 Å². The van der Waals surface area contributed by atoms with Crippen molar-refractivity contribution in [2.24, 2.45) is 10.9 Å². The topological polar surface area (TPSA) is 38.4 Å². The molecule has 0 saturated heterocycles. The second-order valence-electron chi connectivity index (χ2n) is 3.83. The van der Waals surface area contributed by atoms with Gasteiger partial charge >= 0.3 is 0 Å². The average molecular weight is 228 g/mol. The number of hydrazone groups is 1. The number of nitrogens with two attached hydrogens (primary N) is 1. The fourth-order valence-electron chi connectivity index (χ4n) is 2.18. The minimum Gasteiger partial charge on any atom is -0.323 e. The molecule has 2 aromatic carbocycles. The molecule has 2 N–H and O–H groups in total. The molecule has 2 nitrogen and oxygen atoms in total. The lowest BCUT2D eigenvalue weighted by atomic mass is 9.99. The van der Waals surface area contributed by atoms with Crippen LogP contribution in [0.5, 0.6) is 0 Å². The zero-order valence-corrected chi connectivity index (χ0v) is 9.63. The molecule has 0 amide bonds. The predicted octanol–water partition coefficient (Wildman–Crippen LogP) is 3.00. The molecular weight excluding hydrogens is 216 g/mol. The Kier molecular flexibility index (Phi) is 2.33. The van der Waals surface area contributed by atoms with Crippen LogP contribution in [0.25, 0.3) is 10.8 Å². The quantitative estimate of drug-likeness (QED) is 0.556. The fraction of sp³-hybridized carbons (Fsp3) is 0.154. The molecule has 1 heterocycles. The van der Waals surface area contributed by atoms with Gasteiger partial charge in [0, 0.05) is 22.6 Å². The molecule has 0 bridgehead atoms. The van der Waals surface area contributed by atoms with Gasteiger partial charge in [-0.2, -0.15) is 5.10 Å². The second kappa shape index (κ2) is 3.83. The molecule has 16 heavy (non-hydrogen) atoms. The van der Waals surface area contributed by atoms with Crippen molar-refractivity contribution >= 4 is 28.2 Å². The molecule has 0 unspecified atom stereocenters. The standard InChI is InChI=1S/C13H12N2S/c14-15-11-7-8-16-12-6-5-9-3-1-2-4-10(9)13(11)12/h1-6H,7-8,14H2/b15-11-. The van der Waals surface area contributed by atoms with E-state index in [0.717, 1.165) is 17.9 Å². The van der Waals surface area contributed by atoms with Crippen LogP contribution in [-0.2, 0) is 0 Å². The number of hydrogen-bond donors (Lipinski definition) is 1. The lowest BCUT2D eigenvalue weighted by molar-refractivity contribution is 1.16. The van der Waals surface area contributed by atoms with Gasteiger partial charge in [0.1, 0.15) is 0 Å². The van der Waals surface area contributed by atoms with Gasteiger partial charge < -0.3 is 5.84 Å². The summed E-state index contributed by atoms with van der Waals surface area (Å²) in [7, 11) is 0. The average Bonchev–Trinajstić information content (AvgIpc) is 2.37. The van der Waals surface area contributed by atoms with Crippen LogP contribution in [0.2, 0.25) is 0 Å². The predicted molar refractivity (Wildman–Crippen MR) is 70.0 cm³/mol. The number of thioether (sulfide) groups is 1. The van der Waals surface area contributed by atoms with Gasteiger partial charge in [-0.1, -0.05) is 30.3 Å². The Morgan fingerprint density at radius 1 is 1.12 bits per heavy atom. The third kappa shape index (κ3) is 1.39. The summed E-state index contributed by atoms with van der Waals surface area (Å²) in [5.74, 6) is 6.56. The molecule has 0 saturated carbocycles. The Hall–Kier alpha value is -1.48. The molecule has 0 spiro atoms. The van der Waals surface area contributed by atoms with Crippen molar-refractivity contribution in [1.82, 2.24) is 0 Å². The van der Waals surface area contributed by atoms with E-state index in [1.54, 1.807) is 0 Å². The first-order valence-corrected chi connectivity index (χ1v) is 6.30. The second-order valence-corrected chi connectivity index (χ2v) is 4.97. The molecular formula is C13H12N2S. The highest BCUT2D eigenvalue weighted by atomic mass is 32.2. The van der Waals surface area contributed by atoms with Crippen molar-refractivity contribution in [3.8, 4) is 0 Å². The molecule has 3 rings (SSSR count). The first kappa shape index (κ1) is 9.73. The third-order valence-corrected chi connectivity index (χ3v) is 3.99.